The van der Waals surface area contributed by atoms with Gasteiger partial charge >= 0.3 is 18.9 Å². The van der Waals surface area contributed by atoms with E-state index in [0.29, 0.717) is 5.02 Å². The zero-order chi connectivity index (χ0) is 15.9. The summed E-state index contributed by atoms with van der Waals surface area (Å²) in [5.74, 6) is 0. The van der Waals surface area contributed by atoms with Crippen LogP contribution >= 0.6 is 23.2 Å². The Morgan fingerprint density at radius 1 is 0.955 bits per heavy atom. The summed E-state index contributed by atoms with van der Waals surface area (Å²) in [5.41, 5.74) is 0.822. The Kier molecular flexibility index (Phi) is 11.1. The van der Waals surface area contributed by atoms with Crippen molar-refractivity contribution in [3.05, 3.63) is 27.7 Å². The molecule has 0 amide bonds. The fraction of sp³-hybridized carbons (Fsp3) is 0.600. The topological polar surface area (TPSA) is 54.4 Å². The van der Waals surface area contributed by atoms with E-state index in [2.05, 4.69) is 6.92 Å². The molecule has 0 atom stereocenters. The molecule has 0 heterocycles. The Balaban J connectivity index is 0.00000441. The van der Waals surface area contributed by atoms with Gasteiger partial charge in [0.25, 0.3) is 10.1 Å². The summed E-state index contributed by atoms with van der Waals surface area (Å²) in [7, 11) is -4.33. The molecule has 0 aliphatic heterocycles. The van der Waals surface area contributed by atoms with Crippen molar-refractivity contribution in [3.8, 4) is 0 Å². The summed E-state index contributed by atoms with van der Waals surface area (Å²) in [5, 5.41) is 0.345. The van der Waals surface area contributed by atoms with E-state index in [4.69, 9.17) is 27.8 Å². The van der Waals surface area contributed by atoms with Gasteiger partial charge in [0.2, 0.25) is 0 Å². The van der Waals surface area contributed by atoms with Crippen LogP contribution in [0.4, 0.5) is 0 Å². The van der Waals surface area contributed by atoms with Gasteiger partial charge < -0.3 is 0 Å². The van der Waals surface area contributed by atoms with E-state index < -0.39 is 10.1 Å². The molecule has 0 spiro atoms. The molecule has 1 N–H and O–H groups in total. The number of rotatable bonds is 9. The van der Waals surface area contributed by atoms with Crippen molar-refractivity contribution >= 4 is 52.2 Å². The predicted molar refractivity (Wildman–Crippen MR) is 95.1 cm³/mol. The number of benzene rings is 1. The monoisotopic (exact) mass is 360 g/mol. The van der Waals surface area contributed by atoms with Gasteiger partial charge in [-0.1, -0.05) is 68.7 Å². The molecule has 0 radical (unpaired) electrons. The first-order chi connectivity index (χ1) is 9.86. The van der Waals surface area contributed by atoms with Crippen LogP contribution < -0.4 is 0 Å². The van der Waals surface area contributed by atoms with E-state index in [-0.39, 0.29) is 28.8 Å². The zero-order valence-corrected chi connectivity index (χ0v) is 14.6. The molecule has 0 fully saturated rings. The molecule has 0 aliphatic carbocycles. The number of unbranched alkanes of at least 4 members (excludes halogenated alkanes) is 6. The normalized spacial score (nSPS) is 11.3. The standard InChI is InChI=1S/C15H22Cl2O3S.Li.H/c1-2-3-4-5-6-7-8-9-12-10-14(17)15(11-13(12)16)21(18,19)20;;/h10-11H,2-9H2,1H3,(H,18,19,20);;. The Bertz CT molecular complexity index is 562. The molecule has 0 saturated heterocycles. The van der Waals surface area contributed by atoms with Gasteiger partial charge in [0.1, 0.15) is 4.90 Å². The molecule has 0 aromatic heterocycles. The van der Waals surface area contributed by atoms with E-state index in [1.165, 1.54) is 44.2 Å². The summed E-state index contributed by atoms with van der Waals surface area (Å²) < 4.78 is 31.3. The van der Waals surface area contributed by atoms with Crippen LogP contribution in [0.15, 0.2) is 17.0 Å². The Morgan fingerprint density at radius 2 is 1.50 bits per heavy atom. The molecule has 7 heteroatoms. The minimum absolute atomic E-state index is 0. The molecule has 0 bridgehead atoms. The zero-order valence-electron chi connectivity index (χ0n) is 12.2. The first kappa shape index (κ1) is 22.3. The van der Waals surface area contributed by atoms with Crippen LogP contribution in [0.25, 0.3) is 0 Å². The van der Waals surface area contributed by atoms with Gasteiger partial charge in [0.15, 0.2) is 0 Å². The summed E-state index contributed by atoms with van der Waals surface area (Å²) in [6.07, 6.45) is 9.15. The average molecular weight is 361 g/mol. The van der Waals surface area contributed by atoms with E-state index in [9.17, 15) is 8.42 Å². The van der Waals surface area contributed by atoms with Crippen LogP contribution in [0, 0.1) is 0 Å². The Morgan fingerprint density at radius 3 is 2.05 bits per heavy atom. The van der Waals surface area contributed by atoms with Crippen LogP contribution in [0.2, 0.25) is 10.0 Å². The van der Waals surface area contributed by atoms with Gasteiger partial charge in [-0.15, -0.1) is 0 Å². The van der Waals surface area contributed by atoms with E-state index in [1.54, 1.807) is 0 Å². The number of hydrogen-bond donors (Lipinski definition) is 1. The van der Waals surface area contributed by atoms with Crippen LogP contribution in [0.5, 0.6) is 0 Å². The number of hydrogen-bond acceptors (Lipinski definition) is 2. The molecule has 122 valence electrons. The molecule has 3 nitrogen and oxygen atoms in total. The van der Waals surface area contributed by atoms with Crippen molar-refractivity contribution in [2.24, 2.45) is 0 Å². The van der Waals surface area contributed by atoms with Gasteiger partial charge in [0, 0.05) is 5.02 Å². The van der Waals surface area contributed by atoms with Crippen LogP contribution in [0.1, 0.15) is 57.4 Å². The summed E-state index contributed by atoms with van der Waals surface area (Å²) in [4.78, 5) is -0.336. The summed E-state index contributed by atoms with van der Waals surface area (Å²) >= 11 is 11.9. The summed E-state index contributed by atoms with van der Waals surface area (Å²) in [6.45, 7) is 2.20. The second kappa shape index (κ2) is 11.0. The van der Waals surface area contributed by atoms with Gasteiger partial charge in [-0.2, -0.15) is 8.42 Å². The van der Waals surface area contributed by atoms with Crippen LogP contribution in [0.3, 0.4) is 0 Å². The first-order valence-corrected chi connectivity index (χ1v) is 9.51. The van der Waals surface area contributed by atoms with E-state index in [0.717, 1.165) is 24.8 Å². The van der Waals surface area contributed by atoms with Gasteiger partial charge in [-0.3, -0.25) is 4.55 Å². The molecule has 22 heavy (non-hydrogen) atoms. The van der Waals surface area contributed by atoms with Gasteiger partial charge in [-0.05, 0) is 30.5 Å². The average Bonchev–Trinajstić information content (AvgIpc) is 2.39. The Hall–Kier alpha value is 0.307. The second-order valence-electron chi connectivity index (χ2n) is 5.22. The third-order valence-electron chi connectivity index (χ3n) is 3.43. The van der Waals surface area contributed by atoms with Crippen molar-refractivity contribution in [1.29, 1.82) is 0 Å². The molecule has 1 aromatic rings. The molecule has 0 saturated carbocycles. The summed E-state index contributed by atoms with van der Waals surface area (Å²) in [6, 6.07) is 2.75. The minimum atomic E-state index is -4.33. The maximum atomic E-state index is 11.1. The van der Waals surface area contributed by atoms with Crippen LogP contribution in [-0.4, -0.2) is 31.8 Å². The van der Waals surface area contributed by atoms with Crippen LogP contribution in [-0.2, 0) is 16.5 Å². The second-order valence-corrected chi connectivity index (χ2v) is 7.42. The third-order valence-corrected chi connectivity index (χ3v) is 5.10. The fourth-order valence-electron chi connectivity index (χ4n) is 2.23. The van der Waals surface area contributed by atoms with Gasteiger partial charge in [-0.25, -0.2) is 0 Å². The number of aryl methyl sites for hydroxylation is 1. The molecule has 0 unspecified atom stereocenters. The fourth-order valence-corrected chi connectivity index (χ4v) is 3.61. The van der Waals surface area contributed by atoms with E-state index >= 15 is 0 Å². The third kappa shape index (κ3) is 7.72. The predicted octanol–water partition coefficient (Wildman–Crippen LogP) is 4.88. The maximum absolute atomic E-state index is 11.1. The van der Waals surface area contributed by atoms with Crippen molar-refractivity contribution in [3.63, 3.8) is 0 Å². The van der Waals surface area contributed by atoms with Crippen molar-refractivity contribution in [2.45, 2.75) is 63.2 Å². The SMILES string of the molecule is CCCCCCCCCc1cc(Cl)c(S(=O)(=O)O)cc1Cl.[LiH]. The number of halogens is 2. The molecule has 1 rings (SSSR count). The van der Waals surface area contributed by atoms with Crippen molar-refractivity contribution in [2.75, 3.05) is 0 Å². The van der Waals surface area contributed by atoms with Crippen molar-refractivity contribution in [1.82, 2.24) is 0 Å². The molecular weight excluding hydrogens is 338 g/mol. The molecule has 1 aromatic carbocycles. The first-order valence-electron chi connectivity index (χ1n) is 7.31. The van der Waals surface area contributed by atoms with Gasteiger partial charge in [0.05, 0.1) is 5.02 Å². The molecule has 0 aliphatic rings. The van der Waals surface area contributed by atoms with Crippen molar-refractivity contribution < 1.29 is 13.0 Å². The molecular formula is C15H23Cl2LiO3S. The van der Waals surface area contributed by atoms with E-state index in [1.807, 2.05) is 0 Å². The quantitative estimate of drug-likeness (QED) is 0.387. The Labute approximate surface area is 155 Å².